The van der Waals surface area contributed by atoms with E-state index in [0.29, 0.717) is 6.61 Å². The molecule has 2 aromatic rings. The fourth-order valence-corrected chi connectivity index (χ4v) is 2.53. The van der Waals surface area contributed by atoms with E-state index in [0.717, 1.165) is 17.5 Å². The normalized spacial score (nSPS) is 12.6. The topological polar surface area (TPSA) is 52.0 Å². The van der Waals surface area contributed by atoms with Crippen LogP contribution in [0.1, 0.15) is 16.8 Å². The summed E-state index contributed by atoms with van der Waals surface area (Å²) in [5.74, 6) is 0.866. The molecule has 6 heteroatoms. The fourth-order valence-electron chi connectivity index (χ4n) is 1.74. The molecule has 0 amide bonds. The van der Waals surface area contributed by atoms with Crippen LogP contribution in [0.15, 0.2) is 18.6 Å². The standard InChI is InChI=1S/C12H18N4OS/c1-9(8-17-3)15-12-13-4-5-16(12)7-11-6-14-10(2)18-11/h4-6,9H,7-8H2,1-3H3,(H,13,15). The lowest BCUT2D eigenvalue weighted by Crippen LogP contribution is -2.23. The first-order valence-electron chi connectivity index (χ1n) is 5.87. The van der Waals surface area contributed by atoms with Gasteiger partial charge >= 0.3 is 0 Å². The molecule has 0 spiro atoms. The fraction of sp³-hybridized carbons (Fsp3) is 0.500. The summed E-state index contributed by atoms with van der Waals surface area (Å²) in [6.07, 6.45) is 5.69. The van der Waals surface area contributed by atoms with Gasteiger partial charge in [-0.2, -0.15) is 0 Å². The number of aryl methyl sites for hydroxylation is 1. The Kier molecular flexibility index (Phi) is 4.33. The highest BCUT2D eigenvalue weighted by molar-refractivity contribution is 7.11. The number of anilines is 1. The monoisotopic (exact) mass is 266 g/mol. The van der Waals surface area contributed by atoms with Gasteiger partial charge in [-0.15, -0.1) is 11.3 Å². The Morgan fingerprint density at radius 2 is 2.33 bits per heavy atom. The van der Waals surface area contributed by atoms with Crippen LogP contribution in [0, 0.1) is 6.92 Å². The molecular formula is C12H18N4OS. The van der Waals surface area contributed by atoms with Gasteiger partial charge in [-0.3, -0.25) is 0 Å². The van der Waals surface area contributed by atoms with Crippen molar-refractivity contribution >= 4 is 17.3 Å². The van der Waals surface area contributed by atoms with Gasteiger partial charge in [-0.05, 0) is 13.8 Å². The minimum atomic E-state index is 0.236. The number of imidazole rings is 1. The van der Waals surface area contributed by atoms with E-state index in [1.165, 1.54) is 4.88 Å². The van der Waals surface area contributed by atoms with Crippen LogP contribution in [0.25, 0.3) is 0 Å². The lowest BCUT2D eigenvalue weighted by molar-refractivity contribution is 0.190. The lowest BCUT2D eigenvalue weighted by Gasteiger charge is -2.14. The minimum absolute atomic E-state index is 0.236. The van der Waals surface area contributed by atoms with Crippen LogP contribution in [-0.2, 0) is 11.3 Å². The van der Waals surface area contributed by atoms with Crippen molar-refractivity contribution in [2.24, 2.45) is 0 Å². The summed E-state index contributed by atoms with van der Waals surface area (Å²) in [7, 11) is 1.70. The largest absolute Gasteiger partial charge is 0.383 e. The van der Waals surface area contributed by atoms with Crippen LogP contribution in [0.3, 0.4) is 0 Å². The molecule has 2 rings (SSSR count). The first kappa shape index (κ1) is 13.0. The summed E-state index contributed by atoms with van der Waals surface area (Å²) in [5.41, 5.74) is 0. The van der Waals surface area contributed by atoms with Gasteiger partial charge < -0.3 is 14.6 Å². The molecule has 18 heavy (non-hydrogen) atoms. The van der Waals surface area contributed by atoms with E-state index < -0.39 is 0 Å². The average molecular weight is 266 g/mol. The Balaban J connectivity index is 2.03. The zero-order valence-corrected chi connectivity index (χ0v) is 11.7. The molecule has 0 saturated heterocycles. The molecule has 2 heterocycles. The van der Waals surface area contributed by atoms with Crippen molar-refractivity contribution in [1.82, 2.24) is 14.5 Å². The van der Waals surface area contributed by atoms with E-state index in [-0.39, 0.29) is 6.04 Å². The SMILES string of the molecule is COCC(C)Nc1nccn1Cc1cnc(C)s1. The third-order valence-electron chi connectivity index (χ3n) is 2.50. The van der Waals surface area contributed by atoms with Gasteiger partial charge in [0, 0.05) is 36.6 Å². The second-order valence-corrected chi connectivity index (χ2v) is 5.54. The lowest BCUT2D eigenvalue weighted by atomic mass is 10.4. The Morgan fingerprint density at radius 3 is 3.00 bits per heavy atom. The minimum Gasteiger partial charge on any atom is -0.383 e. The molecule has 0 aliphatic heterocycles. The van der Waals surface area contributed by atoms with E-state index in [4.69, 9.17) is 4.74 Å². The van der Waals surface area contributed by atoms with Crippen molar-refractivity contribution in [1.29, 1.82) is 0 Å². The predicted molar refractivity (Wildman–Crippen MR) is 73.1 cm³/mol. The molecule has 0 saturated carbocycles. The van der Waals surface area contributed by atoms with Gasteiger partial charge in [0.05, 0.1) is 18.2 Å². The number of methoxy groups -OCH3 is 1. The summed E-state index contributed by atoms with van der Waals surface area (Å²) < 4.78 is 7.19. The molecule has 1 unspecified atom stereocenters. The van der Waals surface area contributed by atoms with Crippen LogP contribution >= 0.6 is 11.3 Å². The van der Waals surface area contributed by atoms with Gasteiger partial charge in [-0.25, -0.2) is 9.97 Å². The first-order chi connectivity index (χ1) is 8.69. The Labute approximate surface area is 111 Å². The van der Waals surface area contributed by atoms with Gasteiger partial charge in [0.1, 0.15) is 0 Å². The van der Waals surface area contributed by atoms with Crippen molar-refractivity contribution in [3.8, 4) is 0 Å². The van der Waals surface area contributed by atoms with E-state index in [1.54, 1.807) is 24.6 Å². The third-order valence-corrected chi connectivity index (χ3v) is 3.40. The number of thiazole rings is 1. The maximum absolute atomic E-state index is 5.11. The second kappa shape index (κ2) is 5.97. The molecule has 2 aromatic heterocycles. The number of aromatic nitrogens is 3. The number of rotatable bonds is 6. The molecule has 98 valence electrons. The molecule has 1 atom stereocenters. The first-order valence-corrected chi connectivity index (χ1v) is 6.68. The summed E-state index contributed by atoms with van der Waals surface area (Å²) >= 11 is 1.71. The van der Waals surface area contributed by atoms with Crippen molar-refractivity contribution in [2.75, 3.05) is 19.0 Å². The summed E-state index contributed by atoms with van der Waals surface area (Å²) in [4.78, 5) is 9.81. The van der Waals surface area contributed by atoms with E-state index in [1.807, 2.05) is 19.3 Å². The van der Waals surface area contributed by atoms with Crippen molar-refractivity contribution in [3.05, 3.63) is 28.5 Å². The number of ether oxygens (including phenoxy) is 1. The van der Waals surface area contributed by atoms with Crippen LogP contribution < -0.4 is 5.32 Å². The maximum Gasteiger partial charge on any atom is 0.203 e. The number of hydrogen-bond acceptors (Lipinski definition) is 5. The van der Waals surface area contributed by atoms with Gasteiger partial charge in [-0.1, -0.05) is 0 Å². The predicted octanol–water partition coefficient (Wildman–Crippen LogP) is 2.14. The molecular weight excluding hydrogens is 248 g/mol. The van der Waals surface area contributed by atoms with E-state index >= 15 is 0 Å². The highest BCUT2D eigenvalue weighted by atomic mass is 32.1. The molecule has 1 N–H and O–H groups in total. The zero-order valence-electron chi connectivity index (χ0n) is 10.9. The number of nitrogens with zero attached hydrogens (tertiary/aromatic N) is 3. The Bertz CT molecular complexity index is 494. The van der Waals surface area contributed by atoms with Gasteiger partial charge in [0.2, 0.25) is 5.95 Å². The molecule has 5 nitrogen and oxygen atoms in total. The molecule has 0 aliphatic carbocycles. The van der Waals surface area contributed by atoms with Gasteiger partial charge in [0.15, 0.2) is 0 Å². The zero-order chi connectivity index (χ0) is 13.0. The highest BCUT2D eigenvalue weighted by Crippen LogP contribution is 2.16. The molecule has 0 fully saturated rings. The quantitative estimate of drug-likeness (QED) is 0.870. The third kappa shape index (κ3) is 3.30. The summed E-state index contributed by atoms with van der Waals surface area (Å²) in [6, 6.07) is 0.236. The average Bonchev–Trinajstić information content (AvgIpc) is 2.90. The summed E-state index contributed by atoms with van der Waals surface area (Å²) in [6.45, 7) is 5.54. The number of nitrogens with one attached hydrogen (secondary N) is 1. The molecule has 0 radical (unpaired) electrons. The highest BCUT2D eigenvalue weighted by Gasteiger charge is 2.08. The summed E-state index contributed by atoms with van der Waals surface area (Å²) in [5, 5.41) is 4.42. The molecule has 0 aliphatic rings. The number of hydrogen-bond donors (Lipinski definition) is 1. The van der Waals surface area contributed by atoms with E-state index in [2.05, 4.69) is 26.8 Å². The molecule has 0 bridgehead atoms. The van der Waals surface area contributed by atoms with Crippen LogP contribution in [0.5, 0.6) is 0 Å². The van der Waals surface area contributed by atoms with Crippen molar-refractivity contribution in [2.45, 2.75) is 26.4 Å². The van der Waals surface area contributed by atoms with Crippen LogP contribution in [-0.4, -0.2) is 34.3 Å². The maximum atomic E-state index is 5.11. The molecule has 0 aromatic carbocycles. The smallest absolute Gasteiger partial charge is 0.203 e. The van der Waals surface area contributed by atoms with Crippen molar-refractivity contribution < 1.29 is 4.74 Å². The Hall–Kier alpha value is -1.40. The van der Waals surface area contributed by atoms with Crippen LogP contribution in [0.4, 0.5) is 5.95 Å². The second-order valence-electron chi connectivity index (χ2n) is 4.23. The van der Waals surface area contributed by atoms with Gasteiger partial charge in [0.25, 0.3) is 0 Å². The van der Waals surface area contributed by atoms with E-state index in [9.17, 15) is 0 Å². The van der Waals surface area contributed by atoms with Crippen LogP contribution in [0.2, 0.25) is 0 Å². The Morgan fingerprint density at radius 1 is 1.50 bits per heavy atom. The van der Waals surface area contributed by atoms with Crippen molar-refractivity contribution in [3.63, 3.8) is 0 Å².